The third kappa shape index (κ3) is 5.09. The lowest BCUT2D eigenvalue weighted by Gasteiger charge is -2.24. The highest BCUT2D eigenvalue weighted by molar-refractivity contribution is 5.85. The van der Waals surface area contributed by atoms with Gasteiger partial charge in [0.25, 0.3) is 0 Å². The molecule has 2 aliphatic rings. The molecule has 4 rings (SSSR count). The minimum atomic E-state index is -0.249. The van der Waals surface area contributed by atoms with E-state index in [0.717, 1.165) is 49.2 Å². The van der Waals surface area contributed by atoms with Gasteiger partial charge in [0.15, 0.2) is 0 Å². The van der Waals surface area contributed by atoms with E-state index in [1.165, 1.54) is 12.1 Å². The van der Waals surface area contributed by atoms with Gasteiger partial charge >= 0.3 is 0 Å². The summed E-state index contributed by atoms with van der Waals surface area (Å²) in [5.41, 5.74) is 2.23. The highest BCUT2D eigenvalue weighted by Gasteiger charge is 2.57. The molecule has 4 nitrogen and oxygen atoms in total. The number of amides is 1. The fraction of sp³-hybridized carbons (Fsp3) is 0.435. The monoisotopic (exact) mass is 418 g/mol. The number of carbonyl (C=O) groups excluding carboxylic acids is 1. The minimum absolute atomic E-state index is 0. The summed E-state index contributed by atoms with van der Waals surface area (Å²) >= 11 is 0. The maximum atomic E-state index is 12.9. The molecule has 2 aromatic rings. The molecule has 29 heavy (non-hydrogen) atoms. The molecule has 0 aromatic heterocycles. The Morgan fingerprint density at radius 1 is 1.17 bits per heavy atom. The lowest BCUT2D eigenvalue weighted by Crippen LogP contribution is -2.34. The fourth-order valence-corrected chi connectivity index (χ4v) is 4.19. The predicted octanol–water partition coefficient (Wildman–Crippen LogP) is 4.39. The molecule has 1 aliphatic carbocycles. The summed E-state index contributed by atoms with van der Waals surface area (Å²) in [5, 5.41) is 6.55. The highest BCUT2D eigenvalue weighted by atomic mass is 35.5. The van der Waals surface area contributed by atoms with Crippen LogP contribution in [0.1, 0.15) is 43.4 Å². The van der Waals surface area contributed by atoms with Crippen molar-refractivity contribution in [1.29, 1.82) is 0 Å². The van der Waals surface area contributed by atoms with Gasteiger partial charge in [-0.2, -0.15) is 0 Å². The standard InChI is InChI=1S/C23H27FN2O2.ClH/c1-16(26-22(27)21-14-23(21)10-12-25-13-11-23)18-4-8-20(9-5-18)28-15-17-2-6-19(24)7-3-17;/h2-9,16,21,25H,10-15H2,1H3,(H,26,27);1H. The van der Waals surface area contributed by atoms with Crippen LogP contribution in [0.5, 0.6) is 5.75 Å². The van der Waals surface area contributed by atoms with E-state index in [1.807, 2.05) is 31.2 Å². The van der Waals surface area contributed by atoms with Crippen molar-refractivity contribution < 1.29 is 13.9 Å². The molecule has 2 N–H and O–H groups in total. The molecule has 1 aliphatic heterocycles. The maximum Gasteiger partial charge on any atom is 0.224 e. The molecule has 2 aromatic carbocycles. The molecule has 1 amide bonds. The molecule has 2 unspecified atom stereocenters. The van der Waals surface area contributed by atoms with Gasteiger partial charge in [-0.15, -0.1) is 12.4 Å². The predicted molar refractivity (Wildman–Crippen MR) is 114 cm³/mol. The molecule has 0 radical (unpaired) electrons. The van der Waals surface area contributed by atoms with Crippen molar-refractivity contribution in [1.82, 2.24) is 10.6 Å². The Balaban J connectivity index is 0.00000240. The Kier molecular flexibility index (Phi) is 6.81. The van der Waals surface area contributed by atoms with Crippen LogP contribution in [-0.2, 0) is 11.4 Å². The first kappa shape index (κ1) is 21.6. The average molecular weight is 419 g/mol. The molecule has 0 bridgehead atoms. The zero-order valence-electron chi connectivity index (χ0n) is 16.6. The number of piperidine rings is 1. The third-order valence-electron chi connectivity index (χ3n) is 6.16. The van der Waals surface area contributed by atoms with Crippen LogP contribution >= 0.6 is 12.4 Å². The van der Waals surface area contributed by atoms with Crippen molar-refractivity contribution in [2.45, 2.75) is 38.8 Å². The molecule has 1 spiro atoms. The lowest BCUT2D eigenvalue weighted by atomic mass is 9.91. The van der Waals surface area contributed by atoms with Gasteiger partial charge in [0.2, 0.25) is 5.91 Å². The molecule has 1 saturated carbocycles. The first-order chi connectivity index (χ1) is 13.6. The topological polar surface area (TPSA) is 50.4 Å². The van der Waals surface area contributed by atoms with Gasteiger partial charge in [-0.05, 0) is 80.1 Å². The minimum Gasteiger partial charge on any atom is -0.489 e. The van der Waals surface area contributed by atoms with E-state index in [9.17, 15) is 9.18 Å². The van der Waals surface area contributed by atoms with E-state index in [1.54, 1.807) is 12.1 Å². The first-order valence-electron chi connectivity index (χ1n) is 10.0. The van der Waals surface area contributed by atoms with Crippen molar-refractivity contribution in [2.75, 3.05) is 13.1 Å². The van der Waals surface area contributed by atoms with E-state index in [4.69, 9.17) is 4.74 Å². The number of ether oxygens (including phenoxy) is 1. The molecule has 6 heteroatoms. The molecule has 156 valence electrons. The van der Waals surface area contributed by atoms with Gasteiger partial charge in [0.05, 0.1) is 6.04 Å². The number of carbonyl (C=O) groups is 1. The second kappa shape index (κ2) is 9.14. The summed E-state index contributed by atoms with van der Waals surface area (Å²) in [5.74, 6) is 0.866. The van der Waals surface area contributed by atoms with Gasteiger partial charge in [0, 0.05) is 5.92 Å². The SMILES string of the molecule is CC(NC(=O)C1CC12CCNCC2)c1ccc(OCc2ccc(F)cc2)cc1.Cl. The number of halogens is 2. The quantitative estimate of drug-likeness (QED) is 0.731. The van der Waals surface area contributed by atoms with Gasteiger partial charge < -0.3 is 15.4 Å². The van der Waals surface area contributed by atoms with E-state index in [0.29, 0.717) is 6.61 Å². The molecular formula is C23H28ClFN2O2. The van der Waals surface area contributed by atoms with Crippen molar-refractivity contribution in [2.24, 2.45) is 11.3 Å². The van der Waals surface area contributed by atoms with Crippen molar-refractivity contribution >= 4 is 18.3 Å². The van der Waals surface area contributed by atoms with E-state index in [2.05, 4.69) is 10.6 Å². The Labute approximate surface area is 177 Å². The Morgan fingerprint density at radius 2 is 1.83 bits per heavy atom. The third-order valence-corrected chi connectivity index (χ3v) is 6.16. The van der Waals surface area contributed by atoms with Crippen LogP contribution in [0.4, 0.5) is 4.39 Å². The van der Waals surface area contributed by atoms with Crippen molar-refractivity contribution in [3.8, 4) is 5.75 Å². The summed E-state index contributed by atoms with van der Waals surface area (Å²) in [6.07, 6.45) is 3.25. The maximum absolute atomic E-state index is 12.9. The number of nitrogens with one attached hydrogen (secondary N) is 2. The summed E-state index contributed by atoms with van der Waals surface area (Å²) in [6.45, 7) is 4.46. The van der Waals surface area contributed by atoms with Gasteiger partial charge in [-0.1, -0.05) is 24.3 Å². The lowest BCUT2D eigenvalue weighted by molar-refractivity contribution is -0.123. The van der Waals surface area contributed by atoms with Gasteiger partial charge in [-0.3, -0.25) is 4.79 Å². The van der Waals surface area contributed by atoms with Crippen LogP contribution in [0, 0.1) is 17.2 Å². The second-order valence-electron chi connectivity index (χ2n) is 8.08. The number of benzene rings is 2. The summed E-state index contributed by atoms with van der Waals surface area (Å²) in [6, 6.07) is 14.1. The van der Waals surface area contributed by atoms with Crippen LogP contribution in [0.2, 0.25) is 0 Å². The van der Waals surface area contributed by atoms with Crippen LogP contribution in [0.15, 0.2) is 48.5 Å². The first-order valence-corrected chi connectivity index (χ1v) is 10.0. The van der Waals surface area contributed by atoms with Crippen LogP contribution in [-0.4, -0.2) is 19.0 Å². The Hall–Kier alpha value is -2.11. The zero-order valence-corrected chi connectivity index (χ0v) is 17.4. The summed E-state index contributed by atoms with van der Waals surface area (Å²) in [7, 11) is 0. The summed E-state index contributed by atoms with van der Waals surface area (Å²) in [4.78, 5) is 12.6. The largest absolute Gasteiger partial charge is 0.489 e. The molecular weight excluding hydrogens is 391 g/mol. The van der Waals surface area contributed by atoms with Gasteiger partial charge in [-0.25, -0.2) is 4.39 Å². The van der Waals surface area contributed by atoms with E-state index < -0.39 is 0 Å². The second-order valence-corrected chi connectivity index (χ2v) is 8.08. The smallest absolute Gasteiger partial charge is 0.224 e. The van der Waals surface area contributed by atoms with E-state index in [-0.39, 0.29) is 41.5 Å². The van der Waals surface area contributed by atoms with Crippen molar-refractivity contribution in [3.05, 3.63) is 65.5 Å². The van der Waals surface area contributed by atoms with E-state index >= 15 is 0 Å². The summed E-state index contributed by atoms with van der Waals surface area (Å²) < 4.78 is 18.7. The van der Waals surface area contributed by atoms with Gasteiger partial charge in [0.1, 0.15) is 18.2 Å². The molecule has 2 atom stereocenters. The van der Waals surface area contributed by atoms with Crippen molar-refractivity contribution in [3.63, 3.8) is 0 Å². The fourth-order valence-electron chi connectivity index (χ4n) is 4.19. The molecule has 1 heterocycles. The van der Waals surface area contributed by atoms with Crippen LogP contribution < -0.4 is 15.4 Å². The molecule has 1 saturated heterocycles. The zero-order chi connectivity index (χ0) is 19.6. The van der Waals surface area contributed by atoms with Crippen LogP contribution in [0.3, 0.4) is 0 Å². The number of hydrogen-bond acceptors (Lipinski definition) is 3. The van der Waals surface area contributed by atoms with Crippen LogP contribution in [0.25, 0.3) is 0 Å². The average Bonchev–Trinajstić information content (AvgIpc) is 3.41. The Morgan fingerprint density at radius 3 is 2.48 bits per heavy atom. The normalized spacial score (nSPS) is 20.4. The Bertz CT molecular complexity index is 820. The number of rotatable bonds is 6. The number of hydrogen-bond donors (Lipinski definition) is 2. The molecule has 2 fully saturated rings. The highest BCUT2D eigenvalue weighted by Crippen LogP contribution is 2.58.